The lowest BCUT2D eigenvalue weighted by molar-refractivity contribution is -0.192. The fourth-order valence-electron chi connectivity index (χ4n) is 4.37. The molecule has 5 heterocycles. The highest BCUT2D eigenvalue weighted by atomic mass is 35.5. The van der Waals surface area contributed by atoms with Crippen molar-refractivity contribution in [1.29, 1.82) is 0 Å². The number of hydrogen-bond acceptors (Lipinski definition) is 7. The minimum absolute atomic E-state index is 0.0358. The summed E-state index contributed by atoms with van der Waals surface area (Å²) < 4.78 is 121. The molecule has 2 atom stereocenters. The molecule has 2 aliphatic heterocycles. The van der Waals surface area contributed by atoms with Gasteiger partial charge in [0.1, 0.15) is 11.5 Å². The van der Waals surface area contributed by atoms with Crippen molar-refractivity contribution in [3.05, 3.63) is 40.9 Å². The lowest BCUT2D eigenvalue weighted by atomic mass is 9.88. The number of carbonyl (C=O) groups is 2. The number of hydrogen-bond donors (Lipinski definition) is 3. The van der Waals surface area contributed by atoms with Gasteiger partial charge in [0, 0.05) is 30.9 Å². The van der Waals surface area contributed by atoms with Crippen molar-refractivity contribution < 1.29 is 58.9 Å². The topological polar surface area (TPSA) is 134 Å². The zero-order valence-electron chi connectivity index (χ0n) is 21.9. The van der Waals surface area contributed by atoms with E-state index in [1.54, 1.807) is 0 Å². The molecule has 0 saturated carbocycles. The van der Waals surface area contributed by atoms with Crippen LogP contribution in [-0.4, -0.2) is 74.8 Å². The Bertz CT molecular complexity index is 1570. The van der Waals surface area contributed by atoms with E-state index in [-0.39, 0.29) is 33.7 Å². The largest absolute Gasteiger partial charge is 0.490 e. The zero-order chi connectivity index (χ0) is 32.8. The number of fused-ring (bicyclic) bond motifs is 3. The molecule has 5 rings (SSSR count). The molecule has 3 aromatic heterocycles. The van der Waals surface area contributed by atoms with Crippen molar-refractivity contribution in [2.45, 2.75) is 43.4 Å². The smallest absolute Gasteiger partial charge is 0.475 e. The lowest BCUT2D eigenvalue weighted by Crippen LogP contribution is -2.46. The van der Waals surface area contributed by atoms with Crippen molar-refractivity contribution in [1.82, 2.24) is 24.9 Å². The van der Waals surface area contributed by atoms with Crippen LogP contribution >= 0.6 is 11.6 Å². The van der Waals surface area contributed by atoms with Crippen LogP contribution in [0.15, 0.2) is 24.4 Å². The average molecular weight is 664 g/mol. The summed E-state index contributed by atoms with van der Waals surface area (Å²) in [4.78, 5) is 30.3. The molecule has 0 unspecified atom stereocenters. The predicted octanol–water partition coefficient (Wildman–Crippen LogP) is 5.04. The van der Waals surface area contributed by atoms with Crippen molar-refractivity contribution in [2.24, 2.45) is 0 Å². The highest BCUT2D eigenvalue weighted by Crippen LogP contribution is 2.50. The number of amides is 2. The van der Waals surface area contributed by atoms with E-state index < -0.39 is 54.3 Å². The van der Waals surface area contributed by atoms with Crippen molar-refractivity contribution in [3.8, 4) is 5.88 Å². The third kappa shape index (κ3) is 6.69. The quantitative estimate of drug-likeness (QED) is 0.332. The van der Waals surface area contributed by atoms with Gasteiger partial charge in [-0.3, -0.25) is 4.90 Å². The third-order valence-electron chi connectivity index (χ3n) is 6.48. The standard InChI is InChI=1S/C21H18ClF6N7O2.C2HF3O2/c1-19(21(26,27)28)9-34(12-8-30-15-6-14(22)33-35(15)17(12)19)18(36)31-10-4-13(20(23,24)25)32-16(5-10)37-11-2-3-29-7-11;3-2(4,5)1(6)7/h4-6,8,11,29H,2-3,7,9H2,1H3,(H,31,32,36);(H,6,7)/t11-,19+;/m0./s1. The number of rotatable bonds is 3. The lowest BCUT2D eigenvalue weighted by Gasteiger charge is -2.28. The molecule has 0 spiro atoms. The summed E-state index contributed by atoms with van der Waals surface area (Å²) >= 11 is 5.87. The molecule has 0 bridgehead atoms. The SMILES string of the molecule is C[C@@]1(C(F)(F)F)CN(C(=O)Nc2cc(O[C@H]3CCNC3)nc(C(F)(F)F)c2)c2cnc3cc(Cl)nn3c21.O=C(O)C(F)(F)F. The number of alkyl halides is 9. The summed E-state index contributed by atoms with van der Waals surface area (Å²) in [5.41, 5.74) is -4.82. The second-order valence-electron chi connectivity index (χ2n) is 9.69. The van der Waals surface area contributed by atoms with Gasteiger partial charge in [0.15, 0.2) is 16.5 Å². The molecule has 3 aromatic rings. The molecule has 1 fully saturated rings. The van der Waals surface area contributed by atoms with Gasteiger partial charge in [-0.2, -0.15) is 44.6 Å². The van der Waals surface area contributed by atoms with E-state index in [0.717, 1.165) is 28.6 Å². The summed E-state index contributed by atoms with van der Waals surface area (Å²) in [6, 6.07) is 1.81. The first kappa shape index (κ1) is 32.8. The van der Waals surface area contributed by atoms with Crippen LogP contribution in [0, 0.1) is 0 Å². The van der Waals surface area contributed by atoms with Crippen LogP contribution in [0.5, 0.6) is 5.88 Å². The Balaban J connectivity index is 0.000000566. The molecule has 0 aliphatic carbocycles. The monoisotopic (exact) mass is 663 g/mol. The van der Waals surface area contributed by atoms with E-state index >= 15 is 0 Å². The van der Waals surface area contributed by atoms with Gasteiger partial charge in [0.05, 0.1) is 17.6 Å². The van der Waals surface area contributed by atoms with Gasteiger partial charge in [-0.15, -0.1) is 0 Å². The summed E-state index contributed by atoms with van der Waals surface area (Å²) in [5, 5.41) is 16.1. The fourth-order valence-corrected chi connectivity index (χ4v) is 4.54. The highest BCUT2D eigenvalue weighted by molar-refractivity contribution is 6.29. The summed E-state index contributed by atoms with van der Waals surface area (Å²) in [6.45, 7) is 1.04. The number of carboxylic acid groups (broad SMARTS) is 1. The number of carbonyl (C=O) groups excluding carboxylic acids is 1. The van der Waals surface area contributed by atoms with Gasteiger partial charge in [0.2, 0.25) is 5.88 Å². The van der Waals surface area contributed by atoms with Crippen LogP contribution in [0.25, 0.3) is 5.65 Å². The van der Waals surface area contributed by atoms with E-state index in [1.807, 2.05) is 0 Å². The molecule has 2 amide bonds. The van der Waals surface area contributed by atoms with Gasteiger partial charge >= 0.3 is 30.5 Å². The van der Waals surface area contributed by atoms with Crippen LogP contribution in [0.4, 0.5) is 55.7 Å². The molecule has 2 aliphatic rings. The number of anilines is 2. The number of carboxylic acids is 1. The minimum atomic E-state index is -5.08. The number of nitrogens with one attached hydrogen (secondary N) is 2. The molecule has 3 N–H and O–H groups in total. The molecule has 44 heavy (non-hydrogen) atoms. The van der Waals surface area contributed by atoms with E-state index in [2.05, 4.69) is 25.7 Å². The number of aliphatic carboxylic acids is 1. The average Bonchev–Trinajstić information content (AvgIpc) is 3.60. The van der Waals surface area contributed by atoms with E-state index in [0.29, 0.717) is 25.6 Å². The van der Waals surface area contributed by atoms with Gasteiger partial charge in [-0.1, -0.05) is 11.6 Å². The zero-order valence-corrected chi connectivity index (χ0v) is 22.7. The number of nitrogens with zero attached hydrogens (tertiary/aromatic N) is 5. The molecular formula is C23H19ClF9N7O4. The van der Waals surface area contributed by atoms with Crippen molar-refractivity contribution in [2.75, 3.05) is 29.9 Å². The second-order valence-corrected chi connectivity index (χ2v) is 10.1. The van der Waals surface area contributed by atoms with Crippen LogP contribution in [-0.2, 0) is 16.4 Å². The van der Waals surface area contributed by atoms with Crippen LogP contribution in [0.3, 0.4) is 0 Å². The fraction of sp³-hybridized carbons (Fsp3) is 0.435. The third-order valence-corrected chi connectivity index (χ3v) is 6.67. The van der Waals surface area contributed by atoms with Gasteiger partial charge in [-0.25, -0.2) is 24.1 Å². The van der Waals surface area contributed by atoms with Crippen LogP contribution in [0.1, 0.15) is 24.7 Å². The second kappa shape index (κ2) is 11.5. The molecule has 21 heteroatoms. The van der Waals surface area contributed by atoms with Crippen molar-refractivity contribution >= 4 is 40.6 Å². The van der Waals surface area contributed by atoms with E-state index in [4.69, 9.17) is 26.2 Å². The Morgan fingerprint density at radius 2 is 1.80 bits per heavy atom. The number of pyridine rings is 1. The Labute approximate surface area is 244 Å². The Morgan fingerprint density at radius 3 is 2.34 bits per heavy atom. The first-order valence-corrected chi connectivity index (χ1v) is 12.6. The maximum Gasteiger partial charge on any atom is 0.490 e. The molecule has 0 aromatic carbocycles. The molecule has 1 saturated heterocycles. The number of urea groups is 1. The van der Waals surface area contributed by atoms with E-state index in [1.165, 1.54) is 6.07 Å². The van der Waals surface area contributed by atoms with Crippen molar-refractivity contribution in [3.63, 3.8) is 0 Å². The number of aromatic nitrogens is 4. The van der Waals surface area contributed by atoms with Crippen LogP contribution < -0.4 is 20.3 Å². The summed E-state index contributed by atoms with van der Waals surface area (Å²) in [5.74, 6) is -3.14. The minimum Gasteiger partial charge on any atom is -0.475 e. The Morgan fingerprint density at radius 1 is 1.14 bits per heavy atom. The maximum absolute atomic E-state index is 14.2. The summed E-state index contributed by atoms with van der Waals surface area (Å²) in [6.07, 6.45) is -13.6. The highest BCUT2D eigenvalue weighted by Gasteiger charge is 2.60. The number of ether oxygens (including phenoxy) is 1. The summed E-state index contributed by atoms with van der Waals surface area (Å²) in [7, 11) is 0. The molecule has 0 radical (unpaired) electrons. The Hall–Kier alpha value is -4.07. The first-order chi connectivity index (χ1) is 20.2. The molecular weight excluding hydrogens is 645 g/mol. The molecule has 11 nitrogen and oxygen atoms in total. The van der Waals surface area contributed by atoms with Crippen LogP contribution in [0.2, 0.25) is 5.15 Å². The maximum atomic E-state index is 14.2. The van der Waals surface area contributed by atoms with Gasteiger partial charge in [-0.05, 0) is 26.0 Å². The first-order valence-electron chi connectivity index (χ1n) is 12.2. The normalized spacial score (nSPS) is 20.2. The molecule has 240 valence electrons. The van der Waals surface area contributed by atoms with E-state index in [9.17, 15) is 44.3 Å². The predicted molar refractivity (Wildman–Crippen MR) is 133 cm³/mol. The van der Waals surface area contributed by atoms with Gasteiger partial charge < -0.3 is 20.5 Å². The number of halogens is 10. The van der Waals surface area contributed by atoms with Gasteiger partial charge in [0.25, 0.3) is 0 Å². The Kier molecular flexibility index (Phi) is 8.55.